The Kier molecular flexibility index (Phi) is 20.2. The number of unbranched alkanes of at least 4 members (excludes halogenated alkanes) is 2. The molecule has 0 heterocycles. The first kappa shape index (κ1) is 44.2. The summed E-state index contributed by atoms with van der Waals surface area (Å²) in [6.45, 7) is 5.91. The van der Waals surface area contributed by atoms with E-state index in [0.29, 0.717) is 38.0 Å². The summed E-state index contributed by atoms with van der Waals surface area (Å²) in [7, 11) is 1.34. The second kappa shape index (κ2) is 22.8. The molecule has 0 radical (unpaired) electrons. The summed E-state index contributed by atoms with van der Waals surface area (Å²) in [4.78, 5) is 63.6. The number of aromatic hydroxyl groups is 1. The van der Waals surface area contributed by atoms with Gasteiger partial charge in [0.1, 0.15) is 17.8 Å². The maximum Gasteiger partial charge on any atom is 0.305 e. The average molecular weight is 736 g/mol. The van der Waals surface area contributed by atoms with Crippen LogP contribution < -0.4 is 27.0 Å². The van der Waals surface area contributed by atoms with Gasteiger partial charge in [-0.25, -0.2) is 0 Å². The third-order valence-electron chi connectivity index (χ3n) is 7.85. The molecule has 0 bridgehead atoms. The number of halogens is 1. The number of nitrogens with one attached hydrogen (secondary N) is 4. The van der Waals surface area contributed by atoms with Crippen LogP contribution in [0.2, 0.25) is 0 Å². The number of hydrogen-bond acceptors (Lipinski definition) is 9. The zero-order valence-corrected chi connectivity index (χ0v) is 31.3. The quantitative estimate of drug-likeness (QED) is 0.0878. The largest absolute Gasteiger partial charge is 0.508 e. The van der Waals surface area contributed by atoms with Crippen molar-refractivity contribution in [3.63, 3.8) is 0 Å². The van der Waals surface area contributed by atoms with Gasteiger partial charge in [0.25, 0.3) is 0 Å². The summed E-state index contributed by atoms with van der Waals surface area (Å²) in [5.74, 6) is -1.50. The molecule has 0 unspecified atom stereocenters. The van der Waals surface area contributed by atoms with Gasteiger partial charge in [0.05, 0.1) is 19.7 Å². The number of nitrogens with two attached hydrogens (primary N) is 1. The van der Waals surface area contributed by atoms with Crippen LogP contribution >= 0.6 is 24.2 Å². The summed E-state index contributed by atoms with van der Waals surface area (Å²) in [6, 6.07) is 11.6. The topological polar surface area (TPSA) is 189 Å². The lowest BCUT2D eigenvalue weighted by Gasteiger charge is -2.23. The molecule has 0 aromatic heterocycles. The molecule has 14 heteroatoms. The zero-order valence-electron chi connectivity index (χ0n) is 29.7. The molecule has 0 aliphatic rings. The first-order valence-electron chi connectivity index (χ1n) is 16.6. The number of carbonyl (C=O) groups excluding carboxylic acids is 5. The first-order valence-corrected chi connectivity index (χ1v) is 18.0. The Hall–Kier alpha value is -3.81. The number of esters is 1. The third-order valence-corrected chi connectivity index (χ3v) is 8.49. The van der Waals surface area contributed by atoms with Crippen LogP contribution in [-0.2, 0) is 47.0 Å². The predicted molar refractivity (Wildman–Crippen MR) is 199 cm³/mol. The van der Waals surface area contributed by atoms with Crippen molar-refractivity contribution in [2.45, 2.75) is 89.3 Å². The van der Waals surface area contributed by atoms with E-state index in [1.165, 1.54) is 18.9 Å². The van der Waals surface area contributed by atoms with Gasteiger partial charge in [-0.1, -0.05) is 69.7 Å². The lowest BCUT2D eigenvalue weighted by Crippen LogP contribution is -2.54. The predicted octanol–water partition coefficient (Wildman–Crippen LogP) is 2.91. The molecule has 4 amide bonds. The van der Waals surface area contributed by atoms with Gasteiger partial charge in [0.15, 0.2) is 0 Å². The summed E-state index contributed by atoms with van der Waals surface area (Å²) < 4.78 is 4.64. The highest BCUT2D eigenvalue weighted by Crippen LogP contribution is 2.31. The smallest absolute Gasteiger partial charge is 0.305 e. The fraction of sp³-hybridized carbons (Fsp3) is 0.528. The Labute approximate surface area is 306 Å². The van der Waals surface area contributed by atoms with Crippen LogP contribution in [0.4, 0.5) is 0 Å². The van der Waals surface area contributed by atoms with Crippen LogP contribution in [0.5, 0.6) is 5.75 Å². The summed E-state index contributed by atoms with van der Waals surface area (Å²) in [5, 5.41) is 21.2. The number of hydrogen-bond donors (Lipinski definition) is 6. The van der Waals surface area contributed by atoms with Gasteiger partial charge in [-0.15, -0.1) is 12.4 Å². The highest BCUT2D eigenvalue weighted by Gasteiger charge is 2.26. The maximum atomic E-state index is 13.2. The molecular formula is C36H54ClN5O7S. The Morgan fingerprint density at radius 1 is 0.860 bits per heavy atom. The van der Waals surface area contributed by atoms with Crippen LogP contribution in [0, 0.1) is 0 Å². The van der Waals surface area contributed by atoms with E-state index in [4.69, 9.17) is 5.73 Å². The van der Waals surface area contributed by atoms with Crippen molar-refractivity contribution < 1.29 is 33.8 Å². The van der Waals surface area contributed by atoms with Gasteiger partial charge in [-0.05, 0) is 65.9 Å². The van der Waals surface area contributed by atoms with Crippen LogP contribution in [0.15, 0.2) is 48.5 Å². The van der Waals surface area contributed by atoms with E-state index < -0.39 is 42.4 Å². The molecular weight excluding hydrogens is 682 g/mol. The van der Waals surface area contributed by atoms with Gasteiger partial charge in [-0.3, -0.25) is 24.0 Å². The number of carbonyl (C=O) groups is 5. The normalized spacial score (nSPS) is 12.8. The molecule has 12 nitrogen and oxygen atoms in total. The monoisotopic (exact) mass is 735 g/mol. The van der Waals surface area contributed by atoms with Crippen molar-refractivity contribution in [3.8, 4) is 5.75 Å². The van der Waals surface area contributed by atoms with Gasteiger partial charge >= 0.3 is 5.97 Å². The Balaban J connectivity index is 0.0000125. The lowest BCUT2D eigenvalue weighted by molar-refractivity contribution is -0.140. The fourth-order valence-corrected chi connectivity index (χ4v) is 5.52. The second-order valence-electron chi connectivity index (χ2n) is 13.0. The minimum Gasteiger partial charge on any atom is -0.508 e. The molecule has 278 valence electrons. The number of phenolic OH excluding ortho intramolecular Hbond substituents is 1. The fourth-order valence-electron chi connectivity index (χ4n) is 5.04. The molecule has 0 aliphatic heterocycles. The number of rotatable bonds is 20. The number of amides is 4. The van der Waals surface area contributed by atoms with Crippen LogP contribution in [0.25, 0.3) is 0 Å². The molecule has 0 aliphatic carbocycles. The van der Waals surface area contributed by atoms with Crippen molar-refractivity contribution in [2.24, 2.45) is 5.73 Å². The molecule has 2 aromatic carbocycles. The minimum absolute atomic E-state index is 0. The molecule has 50 heavy (non-hydrogen) atoms. The zero-order chi connectivity index (χ0) is 36.4. The van der Waals surface area contributed by atoms with Crippen LogP contribution in [-0.4, -0.2) is 85.0 Å². The molecule has 2 rings (SSSR count). The van der Waals surface area contributed by atoms with Gasteiger partial charge in [0.2, 0.25) is 23.6 Å². The third kappa shape index (κ3) is 16.3. The maximum absolute atomic E-state index is 13.2. The minimum atomic E-state index is -0.949. The van der Waals surface area contributed by atoms with Crippen molar-refractivity contribution >= 4 is 53.8 Å². The molecule has 0 fully saturated rings. The molecule has 3 atom stereocenters. The first-order chi connectivity index (χ1) is 23.2. The number of benzene rings is 2. The SMILES string of the molecule is COC(=O)CCCCCNC(=O)[C@H](Cc1ccccc1)NC(=O)CNC(=O)[C@@H](CCSC)NC(=O)[C@@H](N)Cc1ccc(O)c(C(C)(C)C)c1.Cl. The summed E-state index contributed by atoms with van der Waals surface area (Å²) >= 11 is 1.51. The summed E-state index contributed by atoms with van der Waals surface area (Å²) in [5.41, 5.74) is 8.30. The van der Waals surface area contributed by atoms with E-state index in [1.54, 1.807) is 12.1 Å². The lowest BCUT2D eigenvalue weighted by atomic mass is 9.85. The van der Waals surface area contributed by atoms with E-state index >= 15 is 0 Å². The van der Waals surface area contributed by atoms with Crippen LogP contribution in [0.3, 0.4) is 0 Å². The van der Waals surface area contributed by atoms with E-state index in [0.717, 1.165) is 23.1 Å². The van der Waals surface area contributed by atoms with Gasteiger partial charge in [-0.2, -0.15) is 11.8 Å². The van der Waals surface area contributed by atoms with Gasteiger partial charge in [0, 0.05) is 19.4 Å². The molecule has 7 N–H and O–H groups in total. The van der Waals surface area contributed by atoms with E-state index in [9.17, 15) is 29.1 Å². The number of ether oxygens (including phenoxy) is 1. The molecule has 2 aromatic rings. The molecule has 0 saturated heterocycles. The molecule has 0 saturated carbocycles. The standard InChI is InChI=1S/C36H53N5O7S.ClH/c1-36(2,3)26-20-25(15-16-30(26)42)21-27(37)33(45)41-28(17-19-49-5)34(46)39-23-31(43)40-29(22-24-12-8-6-9-13-24)35(47)38-18-11-7-10-14-32(44)48-4;/h6,8-9,12-13,15-16,20,27-29,42H,7,10-11,14,17-19,21-23,37H2,1-5H3,(H,38,47)(H,39,46)(H,40,43)(H,41,45);1H/t27-,28+,29-;/m0./s1. The number of phenols is 1. The summed E-state index contributed by atoms with van der Waals surface area (Å²) in [6.07, 6.45) is 5.00. The van der Waals surface area contributed by atoms with E-state index in [2.05, 4.69) is 26.0 Å². The Morgan fingerprint density at radius 3 is 2.18 bits per heavy atom. The van der Waals surface area contributed by atoms with Crippen molar-refractivity contribution in [2.75, 3.05) is 32.2 Å². The highest BCUT2D eigenvalue weighted by atomic mass is 35.5. The van der Waals surface area contributed by atoms with Crippen molar-refractivity contribution in [1.82, 2.24) is 21.3 Å². The van der Waals surface area contributed by atoms with Crippen molar-refractivity contribution in [1.29, 1.82) is 0 Å². The second-order valence-corrected chi connectivity index (χ2v) is 13.9. The average Bonchev–Trinajstić information content (AvgIpc) is 3.07. The number of methoxy groups -OCH3 is 1. The van der Waals surface area contributed by atoms with E-state index in [1.807, 2.05) is 63.4 Å². The molecule has 0 spiro atoms. The Bertz CT molecular complexity index is 1390. The van der Waals surface area contributed by atoms with Crippen LogP contribution in [0.1, 0.15) is 69.6 Å². The Morgan fingerprint density at radius 2 is 1.54 bits per heavy atom. The highest BCUT2D eigenvalue weighted by molar-refractivity contribution is 7.98. The van der Waals surface area contributed by atoms with Gasteiger partial charge < -0.3 is 36.8 Å². The van der Waals surface area contributed by atoms with E-state index in [-0.39, 0.29) is 48.3 Å². The van der Waals surface area contributed by atoms with Crippen molar-refractivity contribution in [3.05, 3.63) is 65.2 Å². The number of thioether (sulfide) groups is 1.